The summed E-state index contributed by atoms with van der Waals surface area (Å²) in [4.78, 5) is 29.1. The molecule has 0 bridgehead atoms. The fourth-order valence-electron chi connectivity index (χ4n) is 3.24. The number of rotatable bonds is 4. The van der Waals surface area contributed by atoms with Gasteiger partial charge in [0.1, 0.15) is 11.5 Å². The van der Waals surface area contributed by atoms with Gasteiger partial charge in [-0.1, -0.05) is 17.7 Å². The highest BCUT2D eigenvalue weighted by Crippen LogP contribution is 2.26. The number of nitrogens with zero attached hydrogens (tertiary/aromatic N) is 2. The van der Waals surface area contributed by atoms with E-state index in [-0.39, 0.29) is 11.9 Å². The van der Waals surface area contributed by atoms with Gasteiger partial charge in [-0.05, 0) is 42.8 Å². The van der Waals surface area contributed by atoms with Crippen molar-refractivity contribution in [1.82, 2.24) is 9.80 Å². The molecule has 3 amide bonds. The first-order chi connectivity index (χ1) is 14.0. The van der Waals surface area contributed by atoms with Crippen LogP contribution in [0.4, 0.5) is 10.5 Å². The number of amides is 3. The molecule has 7 nitrogen and oxygen atoms in total. The van der Waals surface area contributed by atoms with Gasteiger partial charge < -0.3 is 24.6 Å². The lowest BCUT2D eigenvalue weighted by Crippen LogP contribution is -2.39. The number of ether oxygens (including phenoxy) is 2. The minimum Gasteiger partial charge on any atom is -0.497 e. The summed E-state index contributed by atoms with van der Waals surface area (Å²) in [6.45, 7) is 1.98. The Morgan fingerprint density at radius 3 is 2.45 bits per heavy atom. The van der Waals surface area contributed by atoms with Gasteiger partial charge in [0.2, 0.25) is 0 Å². The summed E-state index contributed by atoms with van der Waals surface area (Å²) < 4.78 is 10.6. The summed E-state index contributed by atoms with van der Waals surface area (Å²) in [5.74, 6) is 0.944. The maximum absolute atomic E-state index is 13.1. The zero-order valence-corrected chi connectivity index (χ0v) is 17.2. The summed E-state index contributed by atoms with van der Waals surface area (Å²) in [5, 5.41) is 3.41. The number of hydrogen-bond acceptors (Lipinski definition) is 4. The number of benzene rings is 2. The predicted molar refractivity (Wildman–Crippen MR) is 112 cm³/mol. The first kappa shape index (κ1) is 20.8. The van der Waals surface area contributed by atoms with Gasteiger partial charge in [0, 0.05) is 36.9 Å². The molecule has 3 rings (SSSR count). The molecule has 0 saturated carbocycles. The minimum atomic E-state index is -0.208. The maximum Gasteiger partial charge on any atom is 0.321 e. The summed E-state index contributed by atoms with van der Waals surface area (Å²) in [6.07, 6.45) is 0.682. The first-order valence-corrected chi connectivity index (χ1v) is 9.72. The second-order valence-corrected chi connectivity index (χ2v) is 7.08. The lowest BCUT2D eigenvalue weighted by Gasteiger charge is -2.23. The van der Waals surface area contributed by atoms with Crippen molar-refractivity contribution in [2.45, 2.75) is 6.42 Å². The van der Waals surface area contributed by atoms with E-state index in [1.54, 1.807) is 59.4 Å². The smallest absolute Gasteiger partial charge is 0.321 e. The standard InChI is InChI=1S/C21H24ClN3O4/c1-28-17-7-8-19(29-2)18(14-17)20(26)24-9-4-10-25(12-11-24)21(27)23-16-6-3-5-15(22)13-16/h3,5-8,13-14H,4,9-12H2,1-2H3,(H,23,27). The average molecular weight is 418 g/mol. The van der Waals surface area contributed by atoms with Crippen molar-refractivity contribution in [2.24, 2.45) is 0 Å². The first-order valence-electron chi connectivity index (χ1n) is 9.34. The van der Waals surface area contributed by atoms with Crippen molar-refractivity contribution in [3.8, 4) is 11.5 Å². The Labute approximate surface area is 175 Å². The third-order valence-electron chi connectivity index (χ3n) is 4.78. The van der Waals surface area contributed by atoms with E-state index < -0.39 is 0 Å². The van der Waals surface area contributed by atoms with E-state index in [9.17, 15) is 9.59 Å². The van der Waals surface area contributed by atoms with Gasteiger partial charge in [-0.25, -0.2) is 4.79 Å². The summed E-state index contributed by atoms with van der Waals surface area (Å²) in [6, 6.07) is 11.9. The number of carbonyl (C=O) groups excluding carboxylic acids is 2. The Balaban J connectivity index is 1.66. The van der Waals surface area contributed by atoms with Crippen LogP contribution in [0.25, 0.3) is 0 Å². The molecule has 29 heavy (non-hydrogen) atoms. The SMILES string of the molecule is COc1ccc(OC)c(C(=O)N2CCCN(C(=O)Nc3cccc(Cl)c3)CC2)c1. The molecule has 8 heteroatoms. The summed E-state index contributed by atoms with van der Waals surface area (Å²) in [5.41, 5.74) is 1.09. The number of nitrogens with one attached hydrogen (secondary N) is 1. The summed E-state index contributed by atoms with van der Waals surface area (Å²) >= 11 is 5.97. The molecule has 1 saturated heterocycles. The molecule has 154 valence electrons. The van der Waals surface area contributed by atoms with Crippen LogP contribution in [0.3, 0.4) is 0 Å². The number of hydrogen-bond donors (Lipinski definition) is 1. The molecule has 1 N–H and O–H groups in total. The molecule has 1 aliphatic heterocycles. The van der Waals surface area contributed by atoms with Gasteiger partial charge in [-0.15, -0.1) is 0 Å². The van der Waals surface area contributed by atoms with Gasteiger partial charge in [-0.3, -0.25) is 4.79 Å². The lowest BCUT2D eigenvalue weighted by atomic mass is 10.1. The van der Waals surface area contributed by atoms with Crippen LogP contribution < -0.4 is 14.8 Å². The Morgan fingerprint density at radius 1 is 0.966 bits per heavy atom. The lowest BCUT2D eigenvalue weighted by molar-refractivity contribution is 0.0759. The Bertz CT molecular complexity index is 890. The normalized spacial score (nSPS) is 14.2. The Hall–Kier alpha value is -2.93. The minimum absolute atomic E-state index is 0.141. The highest BCUT2D eigenvalue weighted by Gasteiger charge is 2.25. The Morgan fingerprint density at radius 2 is 1.72 bits per heavy atom. The molecule has 1 heterocycles. The quantitative estimate of drug-likeness (QED) is 0.822. The highest BCUT2D eigenvalue weighted by atomic mass is 35.5. The van der Waals surface area contributed by atoms with E-state index in [2.05, 4.69) is 5.32 Å². The van der Waals surface area contributed by atoms with E-state index in [0.717, 1.165) is 0 Å². The van der Waals surface area contributed by atoms with Crippen molar-refractivity contribution in [2.75, 3.05) is 45.7 Å². The molecule has 0 atom stereocenters. The van der Waals surface area contributed by atoms with Crippen LogP contribution in [-0.4, -0.2) is 62.1 Å². The fourth-order valence-corrected chi connectivity index (χ4v) is 3.43. The zero-order chi connectivity index (χ0) is 20.8. The van der Waals surface area contributed by atoms with Gasteiger partial charge in [0.05, 0.1) is 19.8 Å². The van der Waals surface area contributed by atoms with Crippen LogP contribution >= 0.6 is 11.6 Å². The van der Waals surface area contributed by atoms with E-state index in [1.807, 2.05) is 0 Å². The number of anilines is 1. The molecule has 0 spiro atoms. The van der Waals surface area contributed by atoms with Gasteiger partial charge >= 0.3 is 6.03 Å². The van der Waals surface area contributed by atoms with E-state index in [4.69, 9.17) is 21.1 Å². The third-order valence-corrected chi connectivity index (χ3v) is 5.02. The molecule has 0 unspecified atom stereocenters. The van der Waals surface area contributed by atoms with Crippen LogP contribution in [0.2, 0.25) is 5.02 Å². The molecule has 0 aliphatic carbocycles. The van der Waals surface area contributed by atoms with Gasteiger partial charge in [0.25, 0.3) is 5.91 Å². The molecule has 1 aliphatic rings. The third kappa shape index (κ3) is 5.12. The van der Waals surface area contributed by atoms with Gasteiger partial charge in [0.15, 0.2) is 0 Å². The largest absolute Gasteiger partial charge is 0.497 e. The topological polar surface area (TPSA) is 71.1 Å². The van der Waals surface area contributed by atoms with Crippen molar-refractivity contribution < 1.29 is 19.1 Å². The molecule has 0 aromatic heterocycles. The molecule has 2 aromatic rings. The van der Waals surface area contributed by atoms with Crippen LogP contribution in [0.5, 0.6) is 11.5 Å². The molecule has 1 fully saturated rings. The molecular weight excluding hydrogens is 394 g/mol. The van der Waals surface area contributed by atoms with E-state index in [1.165, 1.54) is 7.11 Å². The van der Waals surface area contributed by atoms with Crippen molar-refractivity contribution in [3.63, 3.8) is 0 Å². The maximum atomic E-state index is 13.1. The number of methoxy groups -OCH3 is 2. The van der Waals surface area contributed by atoms with Crippen LogP contribution in [0.1, 0.15) is 16.8 Å². The van der Waals surface area contributed by atoms with E-state index in [0.29, 0.717) is 60.4 Å². The van der Waals surface area contributed by atoms with Crippen LogP contribution in [0, 0.1) is 0 Å². The zero-order valence-electron chi connectivity index (χ0n) is 16.5. The number of halogens is 1. The van der Waals surface area contributed by atoms with Crippen molar-refractivity contribution in [3.05, 3.63) is 53.1 Å². The molecular formula is C21H24ClN3O4. The molecule has 0 radical (unpaired) electrons. The Kier molecular flexibility index (Phi) is 6.82. The van der Waals surface area contributed by atoms with Crippen molar-refractivity contribution in [1.29, 1.82) is 0 Å². The van der Waals surface area contributed by atoms with Gasteiger partial charge in [-0.2, -0.15) is 0 Å². The monoisotopic (exact) mass is 417 g/mol. The van der Waals surface area contributed by atoms with E-state index >= 15 is 0 Å². The van der Waals surface area contributed by atoms with Crippen LogP contribution in [0.15, 0.2) is 42.5 Å². The highest BCUT2D eigenvalue weighted by molar-refractivity contribution is 6.30. The second-order valence-electron chi connectivity index (χ2n) is 6.64. The molecule has 2 aromatic carbocycles. The number of urea groups is 1. The number of carbonyl (C=O) groups is 2. The average Bonchev–Trinajstić information content (AvgIpc) is 2.99. The van der Waals surface area contributed by atoms with Crippen LogP contribution in [-0.2, 0) is 0 Å². The second kappa shape index (κ2) is 9.52. The predicted octanol–water partition coefficient (Wildman–Crippen LogP) is 3.74. The van der Waals surface area contributed by atoms with Crippen molar-refractivity contribution >= 4 is 29.2 Å². The summed E-state index contributed by atoms with van der Waals surface area (Å²) in [7, 11) is 3.08. The fraction of sp³-hybridized carbons (Fsp3) is 0.333.